The first-order valence-electron chi connectivity index (χ1n) is 6.76. The van der Waals surface area contributed by atoms with E-state index in [2.05, 4.69) is 6.92 Å². The molecule has 0 amide bonds. The van der Waals surface area contributed by atoms with Gasteiger partial charge in [0.2, 0.25) is 0 Å². The number of benzene rings is 1. The maximum atomic E-state index is 13.0. The summed E-state index contributed by atoms with van der Waals surface area (Å²) in [4.78, 5) is 1.88. The Morgan fingerprint density at radius 3 is 2.67 bits per heavy atom. The molecule has 1 aromatic carbocycles. The van der Waals surface area contributed by atoms with Crippen molar-refractivity contribution in [1.29, 1.82) is 5.26 Å². The molecule has 2 unspecified atom stereocenters. The van der Waals surface area contributed by atoms with Crippen molar-refractivity contribution in [3.8, 4) is 6.07 Å². The second-order valence-corrected chi connectivity index (χ2v) is 5.33. The molecule has 0 spiro atoms. The summed E-state index contributed by atoms with van der Waals surface area (Å²) >= 11 is 0. The van der Waals surface area contributed by atoms with Crippen LogP contribution in [0.25, 0.3) is 0 Å². The molecule has 1 fully saturated rings. The third kappa shape index (κ3) is 3.30. The van der Waals surface area contributed by atoms with Gasteiger partial charge in [0.15, 0.2) is 0 Å². The maximum Gasteiger partial charge on any atom is 0.417 e. The maximum absolute atomic E-state index is 13.0. The van der Waals surface area contributed by atoms with Gasteiger partial charge in [0.1, 0.15) is 0 Å². The van der Waals surface area contributed by atoms with Crippen LogP contribution in [0.5, 0.6) is 0 Å². The quantitative estimate of drug-likeness (QED) is 0.839. The van der Waals surface area contributed by atoms with Crippen LogP contribution in [-0.4, -0.2) is 26.3 Å². The predicted octanol–water partition coefficient (Wildman–Crippen LogP) is 3.44. The Bertz CT molecular complexity index is 551. The summed E-state index contributed by atoms with van der Waals surface area (Å²) < 4.78 is 44.4. The lowest BCUT2D eigenvalue weighted by atomic mass is 9.95. The zero-order chi connectivity index (χ0) is 15.6. The van der Waals surface area contributed by atoms with Gasteiger partial charge in [0.25, 0.3) is 0 Å². The van der Waals surface area contributed by atoms with Crippen LogP contribution in [0.3, 0.4) is 0 Å². The largest absolute Gasteiger partial charge is 0.417 e. The van der Waals surface area contributed by atoms with Crippen LogP contribution in [0.1, 0.15) is 24.5 Å². The van der Waals surface area contributed by atoms with Crippen molar-refractivity contribution in [1.82, 2.24) is 0 Å². The standard InChI is InChI=1S/C15H17F3N2O/c1-10-5-6-20(9-14(10)21-2)12-4-3-11(8-19)13(7-12)15(16,17)18/h3-4,7,10,14H,5-6,9H2,1-2H3. The fourth-order valence-corrected chi connectivity index (χ4v) is 2.64. The second kappa shape index (κ2) is 5.94. The molecule has 2 rings (SSSR count). The summed E-state index contributed by atoms with van der Waals surface area (Å²) in [6.07, 6.45) is -3.66. The van der Waals surface area contributed by atoms with E-state index in [1.807, 2.05) is 4.90 Å². The Morgan fingerprint density at radius 1 is 1.38 bits per heavy atom. The Kier molecular flexibility index (Phi) is 4.43. The van der Waals surface area contributed by atoms with E-state index in [1.165, 1.54) is 6.07 Å². The number of rotatable bonds is 2. The van der Waals surface area contributed by atoms with Gasteiger partial charge in [0, 0.05) is 25.9 Å². The monoisotopic (exact) mass is 298 g/mol. The number of alkyl halides is 3. The number of piperidine rings is 1. The van der Waals surface area contributed by atoms with Crippen LogP contribution in [0.4, 0.5) is 18.9 Å². The highest BCUT2D eigenvalue weighted by molar-refractivity contribution is 5.55. The number of methoxy groups -OCH3 is 1. The fraction of sp³-hybridized carbons (Fsp3) is 0.533. The van der Waals surface area contributed by atoms with Gasteiger partial charge in [-0.1, -0.05) is 6.92 Å². The number of anilines is 1. The molecule has 3 nitrogen and oxygen atoms in total. The molecule has 114 valence electrons. The van der Waals surface area contributed by atoms with Gasteiger partial charge in [-0.05, 0) is 30.5 Å². The minimum atomic E-state index is -4.52. The van der Waals surface area contributed by atoms with Crippen LogP contribution in [0.15, 0.2) is 18.2 Å². The van der Waals surface area contributed by atoms with Gasteiger partial charge in [-0.25, -0.2) is 0 Å². The lowest BCUT2D eigenvalue weighted by molar-refractivity contribution is -0.137. The summed E-state index contributed by atoms with van der Waals surface area (Å²) in [5, 5.41) is 8.81. The highest BCUT2D eigenvalue weighted by atomic mass is 19.4. The molecule has 6 heteroatoms. The summed E-state index contributed by atoms with van der Waals surface area (Å²) in [6, 6.07) is 5.45. The van der Waals surface area contributed by atoms with Gasteiger partial charge < -0.3 is 9.64 Å². The predicted molar refractivity (Wildman–Crippen MR) is 73.0 cm³/mol. The van der Waals surface area contributed by atoms with E-state index >= 15 is 0 Å². The third-order valence-electron chi connectivity index (χ3n) is 3.99. The molecule has 21 heavy (non-hydrogen) atoms. The van der Waals surface area contributed by atoms with Gasteiger partial charge >= 0.3 is 6.18 Å². The minimum Gasteiger partial charge on any atom is -0.379 e. The molecule has 0 N–H and O–H groups in total. The molecule has 2 atom stereocenters. The average Bonchev–Trinajstić information content (AvgIpc) is 2.46. The van der Waals surface area contributed by atoms with Crippen LogP contribution < -0.4 is 4.90 Å². The van der Waals surface area contributed by atoms with E-state index in [4.69, 9.17) is 10.00 Å². The van der Waals surface area contributed by atoms with Crippen molar-refractivity contribution in [2.75, 3.05) is 25.1 Å². The Labute approximate surface area is 121 Å². The van der Waals surface area contributed by atoms with Crippen LogP contribution in [-0.2, 0) is 10.9 Å². The van der Waals surface area contributed by atoms with Crippen LogP contribution >= 0.6 is 0 Å². The van der Waals surface area contributed by atoms with E-state index in [0.717, 1.165) is 12.5 Å². The number of hydrogen-bond acceptors (Lipinski definition) is 3. The molecular formula is C15H17F3N2O. The van der Waals surface area contributed by atoms with Gasteiger partial charge in [-0.2, -0.15) is 18.4 Å². The van der Waals surface area contributed by atoms with E-state index in [9.17, 15) is 13.2 Å². The number of nitrogens with zero attached hydrogens (tertiary/aromatic N) is 2. The molecule has 0 aliphatic carbocycles. The normalized spacial score (nSPS) is 23.0. The number of hydrogen-bond donors (Lipinski definition) is 0. The first kappa shape index (κ1) is 15.6. The van der Waals surface area contributed by atoms with E-state index in [1.54, 1.807) is 19.2 Å². The first-order valence-corrected chi connectivity index (χ1v) is 6.76. The molecule has 0 bridgehead atoms. The second-order valence-electron chi connectivity index (χ2n) is 5.33. The summed E-state index contributed by atoms with van der Waals surface area (Å²) in [7, 11) is 1.62. The molecular weight excluding hydrogens is 281 g/mol. The fourth-order valence-electron chi connectivity index (χ4n) is 2.64. The highest BCUT2D eigenvalue weighted by Gasteiger charge is 2.35. The van der Waals surface area contributed by atoms with Crippen molar-refractivity contribution in [3.05, 3.63) is 29.3 Å². The Morgan fingerprint density at radius 2 is 2.10 bits per heavy atom. The average molecular weight is 298 g/mol. The van der Waals surface area contributed by atoms with Crippen molar-refractivity contribution >= 4 is 5.69 Å². The van der Waals surface area contributed by atoms with Crippen molar-refractivity contribution in [2.45, 2.75) is 25.6 Å². The number of nitriles is 1. The van der Waals surface area contributed by atoms with Crippen molar-refractivity contribution < 1.29 is 17.9 Å². The third-order valence-corrected chi connectivity index (χ3v) is 3.99. The molecule has 1 aliphatic heterocycles. The first-order chi connectivity index (χ1) is 9.86. The van der Waals surface area contributed by atoms with E-state index in [0.29, 0.717) is 24.7 Å². The lowest BCUT2D eigenvalue weighted by Gasteiger charge is -2.37. The lowest BCUT2D eigenvalue weighted by Crippen LogP contribution is -2.44. The molecule has 0 saturated carbocycles. The topological polar surface area (TPSA) is 36.3 Å². The molecule has 1 saturated heterocycles. The van der Waals surface area contributed by atoms with Gasteiger partial charge in [-0.3, -0.25) is 0 Å². The summed E-state index contributed by atoms with van der Waals surface area (Å²) in [5.41, 5.74) is -0.745. The Hall–Kier alpha value is -1.74. The number of halogens is 3. The zero-order valence-electron chi connectivity index (χ0n) is 11.9. The van der Waals surface area contributed by atoms with Crippen molar-refractivity contribution in [2.24, 2.45) is 5.92 Å². The number of ether oxygens (including phenoxy) is 1. The molecule has 1 aliphatic rings. The summed E-state index contributed by atoms with van der Waals surface area (Å²) in [5.74, 6) is 0.381. The SMILES string of the molecule is COC1CN(c2ccc(C#N)c(C(F)(F)F)c2)CCC1C. The van der Waals surface area contributed by atoms with Crippen LogP contribution in [0, 0.1) is 17.2 Å². The molecule has 0 aromatic heterocycles. The zero-order valence-corrected chi connectivity index (χ0v) is 11.9. The summed E-state index contributed by atoms with van der Waals surface area (Å²) in [6.45, 7) is 3.32. The van der Waals surface area contributed by atoms with Crippen LogP contribution in [0.2, 0.25) is 0 Å². The molecule has 1 aromatic rings. The molecule has 0 radical (unpaired) electrons. The highest BCUT2D eigenvalue weighted by Crippen LogP contribution is 2.35. The molecule has 1 heterocycles. The Balaban J connectivity index is 2.31. The van der Waals surface area contributed by atoms with Crippen molar-refractivity contribution in [3.63, 3.8) is 0 Å². The van der Waals surface area contributed by atoms with Gasteiger partial charge in [-0.15, -0.1) is 0 Å². The van der Waals surface area contributed by atoms with E-state index in [-0.39, 0.29) is 11.7 Å². The minimum absolute atomic E-state index is 0.00345. The van der Waals surface area contributed by atoms with E-state index < -0.39 is 11.7 Å². The van der Waals surface area contributed by atoms with Gasteiger partial charge in [0.05, 0.1) is 23.3 Å². The smallest absolute Gasteiger partial charge is 0.379 e.